The number of carbonyl (C=O) groups excluding carboxylic acids is 1. The van der Waals surface area contributed by atoms with Crippen molar-refractivity contribution in [2.24, 2.45) is 11.8 Å². The highest BCUT2D eigenvalue weighted by Crippen LogP contribution is 2.29. The van der Waals surface area contributed by atoms with Crippen LogP contribution in [0.3, 0.4) is 0 Å². The van der Waals surface area contributed by atoms with Gasteiger partial charge in [0.15, 0.2) is 0 Å². The van der Waals surface area contributed by atoms with Gasteiger partial charge in [-0.1, -0.05) is 17.7 Å². The van der Waals surface area contributed by atoms with E-state index >= 15 is 0 Å². The third kappa shape index (κ3) is 2.54. The summed E-state index contributed by atoms with van der Waals surface area (Å²) in [7, 11) is 0. The molecule has 5 heteroatoms. The Balaban J connectivity index is 1.65. The van der Waals surface area contributed by atoms with Crippen molar-refractivity contribution in [1.82, 2.24) is 14.8 Å². The van der Waals surface area contributed by atoms with Gasteiger partial charge in [-0.25, -0.2) is 0 Å². The second kappa shape index (κ2) is 5.94. The Kier molecular flexibility index (Phi) is 3.89. The van der Waals surface area contributed by atoms with Crippen molar-refractivity contribution in [3.63, 3.8) is 0 Å². The van der Waals surface area contributed by atoms with Crippen molar-refractivity contribution >= 4 is 17.5 Å². The fourth-order valence-corrected chi connectivity index (χ4v) is 4.37. The summed E-state index contributed by atoms with van der Waals surface area (Å²) in [4.78, 5) is 15.1. The minimum atomic E-state index is 0.158. The average Bonchev–Trinajstić information content (AvgIpc) is 3.20. The number of nitrogens with one attached hydrogen (secondary N) is 1. The molecule has 2 aliphatic rings. The van der Waals surface area contributed by atoms with Crippen molar-refractivity contribution in [3.05, 3.63) is 52.3 Å². The zero-order chi connectivity index (χ0) is 16.8. The number of amides is 1. The molecule has 0 bridgehead atoms. The molecule has 3 heterocycles. The quantitative estimate of drug-likeness (QED) is 0.910. The minimum absolute atomic E-state index is 0.158. The number of benzene rings is 1. The maximum Gasteiger partial charge on any atom is 0.255 e. The Labute approximate surface area is 147 Å². The molecular formula is C19H22ClN3O. The normalized spacial score (nSPS) is 22.9. The molecule has 1 aromatic carbocycles. The third-order valence-corrected chi connectivity index (χ3v) is 5.64. The largest absolute Gasteiger partial charge is 0.338 e. The number of aromatic nitrogens is 1. The Bertz CT molecular complexity index is 786. The summed E-state index contributed by atoms with van der Waals surface area (Å²) >= 11 is 6.13. The van der Waals surface area contributed by atoms with Crippen LogP contribution in [0.25, 0.3) is 5.69 Å². The smallest absolute Gasteiger partial charge is 0.255 e. The van der Waals surface area contributed by atoms with Gasteiger partial charge in [0.1, 0.15) is 0 Å². The SMILES string of the molecule is Cc1cc(C(=O)N2C[C@H]3CNC[C@H]3C2)c(C)n1-c1cccc(Cl)c1. The summed E-state index contributed by atoms with van der Waals surface area (Å²) in [6.45, 7) is 7.87. The highest BCUT2D eigenvalue weighted by molar-refractivity contribution is 6.30. The van der Waals surface area contributed by atoms with Crippen LogP contribution in [-0.4, -0.2) is 41.6 Å². The first kappa shape index (κ1) is 15.7. The molecule has 0 saturated carbocycles. The standard InChI is InChI=1S/C19H22ClN3O/c1-12-6-18(13(2)23(12)17-5-3-4-16(20)7-17)19(24)22-10-14-8-21-9-15(14)11-22/h3-7,14-15,21H,8-11H2,1-2H3/t14-,15+. The molecule has 0 unspecified atom stereocenters. The third-order valence-electron chi connectivity index (χ3n) is 5.40. The number of aryl methyl sites for hydroxylation is 1. The average molecular weight is 344 g/mol. The first-order chi connectivity index (χ1) is 11.5. The summed E-state index contributed by atoms with van der Waals surface area (Å²) in [5, 5.41) is 4.12. The van der Waals surface area contributed by atoms with Gasteiger partial charge >= 0.3 is 0 Å². The first-order valence-corrected chi connectivity index (χ1v) is 8.87. The predicted molar refractivity (Wildman–Crippen MR) is 96.0 cm³/mol. The first-order valence-electron chi connectivity index (χ1n) is 8.49. The van der Waals surface area contributed by atoms with Crippen molar-refractivity contribution in [3.8, 4) is 5.69 Å². The molecule has 1 N–H and O–H groups in total. The number of nitrogens with zero attached hydrogens (tertiary/aromatic N) is 2. The molecule has 2 aliphatic heterocycles. The van der Waals surface area contributed by atoms with Crippen LogP contribution in [-0.2, 0) is 0 Å². The number of rotatable bonds is 2. The second-order valence-electron chi connectivity index (χ2n) is 6.99. The highest BCUT2D eigenvalue weighted by Gasteiger charge is 2.38. The summed E-state index contributed by atoms with van der Waals surface area (Å²) in [5.74, 6) is 1.39. The van der Waals surface area contributed by atoms with Gasteiger partial charge in [-0.3, -0.25) is 4.79 Å². The number of fused-ring (bicyclic) bond motifs is 1. The Morgan fingerprint density at radius 3 is 2.54 bits per heavy atom. The predicted octanol–water partition coefficient (Wildman–Crippen LogP) is 3.04. The molecule has 2 atom stereocenters. The topological polar surface area (TPSA) is 37.3 Å². The maximum absolute atomic E-state index is 13.0. The van der Waals surface area contributed by atoms with Crippen LogP contribution in [0.4, 0.5) is 0 Å². The van der Waals surface area contributed by atoms with Crippen LogP contribution in [0.5, 0.6) is 0 Å². The summed E-state index contributed by atoms with van der Waals surface area (Å²) in [5.41, 5.74) is 3.84. The van der Waals surface area contributed by atoms with Crippen molar-refractivity contribution < 1.29 is 4.79 Å². The summed E-state index contributed by atoms with van der Waals surface area (Å²) in [6.07, 6.45) is 0. The molecular weight excluding hydrogens is 322 g/mol. The Morgan fingerprint density at radius 2 is 1.88 bits per heavy atom. The number of likely N-dealkylation sites (tertiary alicyclic amines) is 1. The summed E-state index contributed by atoms with van der Waals surface area (Å²) < 4.78 is 2.11. The monoisotopic (exact) mass is 343 g/mol. The molecule has 2 saturated heterocycles. The molecule has 2 aromatic rings. The molecule has 24 heavy (non-hydrogen) atoms. The van der Waals surface area contributed by atoms with Gasteiger partial charge in [0.2, 0.25) is 0 Å². The van der Waals surface area contributed by atoms with Crippen molar-refractivity contribution in [1.29, 1.82) is 0 Å². The zero-order valence-electron chi connectivity index (χ0n) is 14.1. The van der Waals surface area contributed by atoms with Gasteiger partial charge in [0.05, 0.1) is 5.56 Å². The number of halogens is 1. The van der Waals surface area contributed by atoms with E-state index in [4.69, 9.17) is 11.6 Å². The number of hydrogen-bond acceptors (Lipinski definition) is 2. The van der Waals surface area contributed by atoms with Crippen LogP contribution in [0.2, 0.25) is 5.02 Å². The number of hydrogen-bond donors (Lipinski definition) is 1. The van der Waals surface area contributed by atoms with Gasteiger partial charge in [-0.05, 0) is 49.9 Å². The Morgan fingerprint density at radius 1 is 1.17 bits per heavy atom. The fraction of sp³-hybridized carbons (Fsp3) is 0.421. The number of carbonyl (C=O) groups is 1. The van der Waals surface area contributed by atoms with E-state index in [9.17, 15) is 4.79 Å². The van der Waals surface area contributed by atoms with Gasteiger partial charge in [0, 0.05) is 48.3 Å². The van der Waals surface area contributed by atoms with Crippen LogP contribution < -0.4 is 5.32 Å². The lowest BCUT2D eigenvalue weighted by Gasteiger charge is -2.18. The maximum atomic E-state index is 13.0. The van der Waals surface area contributed by atoms with Crippen molar-refractivity contribution in [2.45, 2.75) is 13.8 Å². The molecule has 1 amide bonds. The molecule has 2 fully saturated rings. The van der Waals surface area contributed by atoms with Gasteiger partial charge < -0.3 is 14.8 Å². The van der Waals surface area contributed by atoms with Crippen LogP contribution in [0.1, 0.15) is 21.7 Å². The molecule has 0 aliphatic carbocycles. The van der Waals surface area contributed by atoms with E-state index < -0.39 is 0 Å². The van der Waals surface area contributed by atoms with E-state index in [1.54, 1.807) is 0 Å². The Hall–Kier alpha value is -1.78. The molecule has 0 radical (unpaired) electrons. The highest BCUT2D eigenvalue weighted by atomic mass is 35.5. The second-order valence-corrected chi connectivity index (χ2v) is 7.43. The molecule has 4 nitrogen and oxygen atoms in total. The van der Waals surface area contributed by atoms with E-state index in [0.29, 0.717) is 16.9 Å². The van der Waals surface area contributed by atoms with E-state index in [0.717, 1.165) is 48.8 Å². The van der Waals surface area contributed by atoms with Crippen LogP contribution in [0, 0.1) is 25.7 Å². The van der Waals surface area contributed by atoms with Gasteiger partial charge in [-0.2, -0.15) is 0 Å². The fourth-order valence-electron chi connectivity index (χ4n) is 4.18. The van der Waals surface area contributed by atoms with Gasteiger partial charge in [0.25, 0.3) is 5.91 Å². The van der Waals surface area contributed by atoms with E-state index in [1.165, 1.54) is 0 Å². The van der Waals surface area contributed by atoms with Crippen molar-refractivity contribution in [2.75, 3.05) is 26.2 Å². The lowest BCUT2D eigenvalue weighted by Crippen LogP contribution is -2.32. The van der Waals surface area contributed by atoms with E-state index in [2.05, 4.69) is 9.88 Å². The van der Waals surface area contributed by atoms with Gasteiger partial charge in [-0.15, -0.1) is 0 Å². The minimum Gasteiger partial charge on any atom is -0.338 e. The zero-order valence-corrected chi connectivity index (χ0v) is 14.8. The van der Waals surface area contributed by atoms with E-state index in [-0.39, 0.29) is 5.91 Å². The van der Waals surface area contributed by atoms with E-state index in [1.807, 2.05) is 49.1 Å². The lowest BCUT2D eigenvalue weighted by atomic mass is 10.0. The summed E-state index contributed by atoms with van der Waals surface area (Å²) in [6, 6.07) is 9.76. The lowest BCUT2D eigenvalue weighted by molar-refractivity contribution is 0.0781. The molecule has 126 valence electrons. The molecule has 4 rings (SSSR count). The van der Waals surface area contributed by atoms with Crippen LogP contribution in [0.15, 0.2) is 30.3 Å². The molecule has 1 aromatic heterocycles. The van der Waals surface area contributed by atoms with Crippen LogP contribution >= 0.6 is 11.6 Å². The molecule has 0 spiro atoms.